The first kappa shape index (κ1) is 10.9. The second kappa shape index (κ2) is 4.39. The van der Waals surface area contributed by atoms with Crippen LogP contribution in [0.25, 0.3) is 0 Å². The van der Waals surface area contributed by atoms with Crippen LogP contribution in [0.1, 0.15) is 26.3 Å². The van der Waals surface area contributed by atoms with E-state index in [2.05, 4.69) is 26.8 Å². The quantitative estimate of drug-likeness (QED) is 0.705. The second-order valence-electron chi connectivity index (χ2n) is 3.99. The molecule has 0 amide bonds. The van der Waals surface area contributed by atoms with E-state index in [1.165, 1.54) is 5.56 Å². The summed E-state index contributed by atoms with van der Waals surface area (Å²) in [6, 6.07) is 8.03. The van der Waals surface area contributed by atoms with Gasteiger partial charge in [0.05, 0.1) is 0 Å². The molecule has 0 heterocycles. The molecular formula is C11H15ClS. The zero-order chi connectivity index (χ0) is 9.90. The normalized spacial score (nSPS) is 11.7. The highest BCUT2D eigenvalue weighted by Crippen LogP contribution is 2.29. The average molecular weight is 215 g/mol. The van der Waals surface area contributed by atoms with E-state index < -0.39 is 0 Å². The van der Waals surface area contributed by atoms with Crippen LogP contribution in [0.5, 0.6) is 0 Å². The molecule has 0 aliphatic rings. The van der Waals surface area contributed by atoms with Crippen molar-refractivity contribution in [1.82, 2.24) is 0 Å². The number of hydrogen-bond acceptors (Lipinski definition) is 1. The van der Waals surface area contributed by atoms with Crippen LogP contribution < -0.4 is 0 Å². The zero-order valence-electron chi connectivity index (χ0n) is 8.30. The standard InChI is InChI=1S/C11H15ClS/c1-11(2,3)13-8-9-6-4-5-7-10(9)12/h4-7H,8H2,1-3H3. The minimum atomic E-state index is 0.305. The molecule has 1 aromatic rings. The highest BCUT2D eigenvalue weighted by Gasteiger charge is 2.11. The van der Waals surface area contributed by atoms with E-state index in [-0.39, 0.29) is 0 Å². The number of thioether (sulfide) groups is 1. The summed E-state index contributed by atoms with van der Waals surface area (Å²) in [6.07, 6.45) is 0. The van der Waals surface area contributed by atoms with Gasteiger partial charge in [0.1, 0.15) is 0 Å². The maximum absolute atomic E-state index is 6.04. The van der Waals surface area contributed by atoms with Gasteiger partial charge in [0.25, 0.3) is 0 Å². The van der Waals surface area contributed by atoms with Gasteiger partial charge in [-0.25, -0.2) is 0 Å². The second-order valence-corrected chi connectivity index (χ2v) is 6.20. The Balaban J connectivity index is 2.60. The first-order valence-electron chi connectivity index (χ1n) is 4.36. The third-order valence-corrected chi connectivity index (χ3v) is 3.31. The van der Waals surface area contributed by atoms with Crippen LogP contribution in [-0.4, -0.2) is 4.75 Å². The molecule has 13 heavy (non-hydrogen) atoms. The molecule has 1 rings (SSSR count). The fourth-order valence-corrected chi connectivity index (χ4v) is 2.03. The summed E-state index contributed by atoms with van der Waals surface area (Å²) in [6.45, 7) is 6.65. The molecule has 0 radical (unpaired) electrons. The highest BCUT2D eigenvalue weighted by atomic mass is 35.5. The Morgan fingerprint density at radius 3 is 2.38 bits per heavy atom. The lowest BCUT2D eigenvalue weighted by Gasteiger charge is -2.17. The van der Waals surface area contributed by atoms with Crippen molar-refractivity contribution in [3.63, 3.8) is 0 Å². The largest absolute Gasteiger partial charge is 0.151 e. The molecule has 0 aliphatic carbocycles. The summed E-state index contributed by atoms with van der Waals surface area (Å²) >= 11 is 7.96. The number of halogens is 1. The van der Waals surface area contributed by atoms with Gasteiger partial charge in [-0.05, 0) is 11.6 Å². The lowest BCUT2D eigenvalue weighted by Crippen LogP contribution is -2.07. The molecule has 2 heteroatoms. The maximum Gasteiger partial charge on any atom is 0.0446 e. The Bertz CT molecular complexity index is 276. The van der Waals surface area contributed by atoms with Gasteiger partial charge in [-0.15, -0.1) is 0 Å². The zero-order valence-corrected chi connectivity index (χ0v) is 9.88. The van der Waals surface area contributed by atoms with E-state index in [1.54, 1.807) is 0 Å². The molecule has 0 N–H and O–H groups in total. The first-order chi connectivity index (χ1) is 5.99. The molecular weight excluding hydrogens is 200 g/mol. The molecule has 0 bridgehead atoms. The Hall–Kier alpha value is -0.140. The lowest BCUT2D eigenvalue weighted by atomic mass is 10.2. The van der Waals surface area contributed by atoms with Crippen LogP contribution in [0.2, 0.25) is 5.02 Å². The van der Waals surface area contributed by atoms with E-state index >= 15 is 0 Å². The average Bonchev–Trinajstić information content (AvgIpc) is 2.01. The van der Waals surface area contributed by atoms with Crippen LogP contribution in [0.3, 0.4) is 0 Å². The monoisotopic (exact) mass is 214 g/mol. The Morgan fingerprint density at radius 1 is 1.23 bits per heavy atom. The molecule has 1 aromatic carbocycles. The van der Waals surface area contributed by atoms with Crippen molar-refractivity contribution in [2.75, 3.05) is 0 Å². The Kier molecular flexibility index (Phi) is 3.69. The predicted molar refractivity (Wildman–Crippen MR) is 62.5 cm³/mol. The number of hydrogen-bond donors (Lipinski definition) is 0. The van der Waals surface area contributed by atoms with Gasteiger partial charge in [0.15, 0.2) is 0 Å². The molecule has 0 fully saturated rings. The van der Waals surface area contributed by atoms with E-state index in [0.29, 0.717) is 4.75 Å². The van der Waals surface area contributed by atoms with Crippen LogP contribution in [0.4, 0.5) is 0 Å². The van der Waals surface area contributed by atoms with Gasteiger partial charge in [-0.2, -0.15) is 11.8 Å². The van der Waals surface area contributed by atoms with Crippen molar-refractivity contribution in [2.45, 2.75) is 31.3 Å². The van der Waals surface area contributed by atoms with Crippen LogP contribution >= 0.6 is 23.4 Å². The van der Waals surface area contributed by atoms with Gasteiger partial charge in [0.2, 0.25) is 0 Å². The van der Waals surface area contributed by atoms with E-state index in [1.807, 2.05) is 30.0 Å². The van der Waals surface area contributed by atoms with Crippen LogP contribution in [-0.2, 0) is 5.75 Å². The SMILES string of the molecule is CC(C)(C)SCc1ccccc1Cl. The van der Waals surface area contributed by atoms with Gasteiger partial charge in [-0.3, -0.25) is 0 Å². The molecule has 0 saturated heterocycles. The Labute approximate surface area is 89.7 Å². The van der Waals surface area contributed by atoms with Crippen molar-refractivity contribution < 1.29 is 0 Å². The molecule has 72 valence electrons. The van der Waals surface area contributed by atoms with Gasteiger partial charge < -0.3 is 0 Å². The van der Waals surface area contributed by atoms with E-state index in [9.17, 15) is 0 Å². The summed E-state index contributed by atoms with van der Waals surface area (Å²) in [7, 11) is 0. The van der Waals surface area contributed by atoms with Gasteiger partial charge in [0, 0.05) is 15.5 Å². The lowest BCUT2D eigenvalue weighted by molar-refractivity contribution is 0.802. The molecule has 0 nitrogen and oxygen atoms in total. The maximum atomic E-state index is 6.04. The molecule has 0 spiro atoms. The van der Waals surface area contributed by atoms with Crippen molar-refractivity contribution in [3.8, 4) is 0 Å². The van der Waals surface area contributed by atoms with Crippen molar-refractivity contribution in [3.05, 3.63) is 34.9 Å². The highest BCUT2D eigenvalue weighted by molar-refractivity contribution is 7.99. The minimum Gasteiger partial charge on any atom is -0.151 e. The summed E-state index contributed by atoms with van der Waals surface area (Å²) < 4.78 is 0.305. The van der Waals surface area contributed by atoms with E-state index in [0.717, 1.165) is 10.8 Å². The molecule has 0 aliphatic heterocycles. The van der Waals surface area contributed by atoms with Crippen molar-refractivity contribution >= 4 is 23.4 Å². The summed E-state index contributed by atoms with van der Waals surface area (Å²) in [5.74, 6) is 0.989. The molecule has 0 aromatic heterocycles. The topological polar surface area (TPSA) is 0 Å². The smallest absolute Gasteiger partial charge is 0.0446 e. The number of benzene rings is 1. The molecule has 0 atom stereocenters. The fraction of sp³-hybridized carbons (Fsp3) is 0.455. The van der Waals surface area contributed by atoms with Crippen LogP contribution in [0.15, 0.2) is 24.3 Å². The Morgan fingerprint density at radius 2 is 1.85 bits per heavy atom. The van der Waals surface area contributed by atoms with E-state index in [4.69, 9.17) is 11.6 Å². The third-order valence-electron chi connectivity index (χ3n) is 1.62. The summed E-state index contributed by atoms with van der Waals surface area (Å²) in [5, 5.41) is 0.874. The third kappa shape index (κ3) is 4.06. The fourth-order valence-electron chi connectivity index (χ4n) is 0.910. The van der Waals surface area contributed by atoms with Gasteiger partial charge >= 0.3 is 0 Å². The summed E-state index contributed by atoms with van der Waals surface area (Å²) in [5.41, 5.74) is 1.23. The minimum absolute atomic E-state index is 0.305. The molecule has 0 saturated carbocycles. The van der Waals surface area contributed by atoms with Crippen LogP contribution in [0, 0.1) is 0 Å². The molecule has 0 unspecified atom stereocenters. The van der Waals surface area contributed by atoms with Crippen molar-refractivity contribution in [1.29, 1.82) is 0 Å². The van der Waals surface area contributed by atoms with Gasteiger partial charge in [-0.1, -0.05) is 50.6 Å². The first-order valence-corrected chi connectivity index (χ1v) is 5.73. The predicted octanol–water partition coefficient (Wildman–Crippen LogP) is 4.37. The summed E-state index contributed by atoms with van der Waals surface area (Å²) in [4.78, 5) is 0. The number of rotatable bonds is 2. The van der Waals surface area contributed by atoms with Crippen molar-refractivity contribution in [2.24, 2.45) is 0 Å².